The van der Waals surface area contributed by atoms with Crippen LogP contribution in [-0.2, 0) is 16.5 Å². The van der Waals surface area contributed by atoms with Crippen LogP contribution in [0.3, 0.4) is 0 Å². The lowest BCUT2D eigenvalue weighted by Crippen LogP contribution is -2.05. The van der Waals surface area contributed by atoms with E-state index in [1.807, 2.05) is 67.6 Å². The Morgan fingerprint density at radius 1 is 0.786 bits per heavy atom. The first-order valence-electron chi connectivity index (χ1n) is 8.91. The summed E-state index contributed by atoms with van der Waals surface area (Å²) in [6.45, 7) is 1.83. The number of fused-ring (bicyclic) bond motifs is 1. The third-order valence-electron chi connectivity index (χ3n) is 4.62. The standard InChI is InChI=1S/C22H18N2O3S/c1-2-17-19(28(25,26)27)14-13-18-22(17)24-21(16-11-7-4-8-12-16)20(23-18)15-9-5-3-6-10-15/h3-14H,2H2,1H3,(H,25,26,27). The number of rotatable bonds is 4. The first-order chi connectivity index (χ1) is 13.5. The van der Waals surface area contributed by atoms with Crippen molar-refractivity contribution in [3.05, 3.63) is 78.4 Å². The Kier molecular flexibility index (Phi) is 4.66. The van der Waals surface area contributed by atoms with Crippen molar-refractivity contribution in [2.45, 2.75) is 18.2 Å². The highest BCUT2D eigenvalue weighted by atomic mass is 32.2. The maximum atomic E-state index is 11.8. The molecular weight excluding hydrogens is 372 g/mol. The zero-order valence-electron chi connectivity index (χ0n) is 15.2. The summed E-state index contributed by atoms with van der Waals surface area (Å²) in [7, 11) is -4.34. The first kappa shape index (κ1) is 18.3. The van der Waals surface area contributed by atoms with Crippen LogP contribution in [0.4, 0.5) is 0 Å². The molecule has 0 radical (unpaired) electrons. The fourth-order valence-electron chi connectivity index (χ4n) is 3.34. The van der Waals surface area contributed by atoms with Crippen molar-refractivity contribution in [2.24, 2.45) is 0 Å². The predicted molar refractivity (Wildman–Crippen MR) is 110 cm³/mol. The summed E-state index contributed by atoms with van der Waals surface area (Å²) in [6.07, 6.45) is 0.403. The maximum absolute atomic E-state index is 11.8. The fourth-order valence-corrected chi connectivity index (χ4v) is 4.13. The summed E-state index contributed by atoms with van der Waals surface area (Å²) in [5.74, 6) is 0. The Morgan fingerprint density at radius 3 is 1.82 bits per heavy atom. The van der Waals surface area contributed by atoms with Crippen LogP contribution in [0.1, 0.15) is 12.5 Å². The van der Waals surface area contributed by atoms with Gasteiger partial charge >= 0.3 is 0 Å². The molecule has 1 aromatic heterocycles. The quantitative estimate of drug-likeness (QED) is 0.508. The number of aromatic nitrogens is 2. The van der Waals surface area contributed by atoms with E-state index < -0.39 is 10.1 Å². The van der Waals surface area contributed by atoms with E-state index in [1.54, 1.807) is 6.07 Å². The van der Waals surface area contributed by atoms with Crippen LogP contribution >= 0.6 is 0 Å². The molecule has 0 saturated heterocycles. The van der Waals surface area contributed by atoms with Gasteiger partial charge in [0.1, 0.15) is 0 Å². The van der Waals surface area contributed by atoms with Gasteiger partial charge in [0.25, 0.3) is 10.1 Å². The molecule has 0 unspecified atom stereocenters. The number of aryl methyl sites for hydroxylation is 1. The number of nitrogens with zero attached hydrogens (tertiary/aromatic N) is 2. The molecule has 0 atom stereocenters. The average molecular weight is 390 g/mol. The Bertz CT molecular complexity index is 1260. The molecule has 28 heavy (non-hydrogen) atoms. The minimum absolute atomic E-state index is 0.122. The lowest BCUT2D eigenvalue weighted by Gasteiger charge is -2.14. The van der Waals surface area contributed by atoms with E-state index in [4.69, 9.17) is 9.97 Å². The van der Waals surface area contributed by atoms with Crippen molar-refractivity contribution in [1.82, 2.24) is 9.97 Å². The van der Waals surface area contributed by atoms with Crippen molar-refractivity contribution in [2.75, 3.05) is 0 Å². The summed E-state index contributed by atoms with van der Waals surface area (Å²) in [5.41, 5.74) is 4.73. The smallest absolute Gasteiger partial charge is 0.282 e. The largest absolute Gasteiger partial charge is 0.294 e. The molecule has 0 aliphatic carbocycles. The van der Waals surface area contributed by atoms with Crippen molar-refractivity contribution in [1.29, 1.82) is 0 Å². The van der Waals surface area contributed by atoms with Gasteiger partial charge < -0.3 is 0 Å². The molecular formula is C22H18N2O3S. The van der Waals surface area contributed by atoms with Gasteiger partial charge in [-0.3, -0.25) is 4.55 Å². The predicted octanol–water partition coefficient (Wildman–Crippen LogP) is 4.77. The maximum Gasteiger partial charge on any atom is 0.294 e. The zero-order valence-corrected chi connectivity index (χ0v) is 16.0. The van der Waals surface area contributed by atoms with Crippen LogP contribution in [-0.4, -0.2) is 22.9 Å². The third kappa shape index (κ3) is 3.28. The van der Waals surface area contributed by atoms with E-state index in [0.29, 0.717) is 28.7 Å². The highest BCUT2D eigenvalue weighted by Crippen LogP contribution is 2.33. The van der Waals surface area contributed by atoms with Crippen molar-refractivity contribution in [3.63, 3.8) is 0 Å². The summed E-state index contributed by atoms with van der Waals surface area (Å²) in [6, 6.07) is 22.4. The van der Waals surface area contributed by atoms with Gasteiger partial charge in [-0.15, -0.1) is 0 Å². The minimum atomic E-state index is -4.34. The molecule has 3 aromatic carbocycles. The molecule has 0 spiro atoms. The monoisotopic (exact) mass is 390 g/mol. The van der Waals surface area contributed by atoms with Gasteiger partial charge in [0.05, 0.1) is 27.3 Å². The summed E-state index contributed by atoms with van der Waals surface area (Å²) < 4.78 is 33.2. The van der Waals surface area contributed by atoms with Crippen molar-refractivity contribution >= 4 is 21.2 Å². The van der Waals surface area contributed by atoms with Crippen LogP contribution in [0.15, 0.2) is 77.7 Å². The molecule has 6 heteroatoms. The lowest BCUT2D eigenvalue weighted by atomic mass is 10.0. The molecule has 0 amide bonds. The molecule has 1 heterocycles. The normalized spacial score (nSPS) is 11.6. The average Bonchev–Trinajstić information content (AvgIpc) is 2.72. The van der Waals surface area contributed by atoms with E-state index in [9.17, 15) is 13.0 Å². The van der Waals surface area contributed by atoms with Gasteiger partial charge in [0, 0.05) is 16.7 Å². The van der Waals surface area contributed by atoms with Crippen LogP contribution in [0, 0.1) is 0 Å². The minimum Gasteiger partial charge on any atom is -0.282 e. The molecule has 0 aliphatic rings. The lowest BCUT2D eigenvalue weighted by molar-refractivity contribution is 0.482. The van der Waals surface area contributed by atoms with Gasteiger partial charge in [-0.2, -0.15) is 8.42 Å². The molecule has 0 aliphatic heterocycles. The zero-order chi connectivity index (χ0) is 19.7. The Morgan fingerprint density at radius 2 is 1.32 bits per heavy atom. The number of hydrogen-bond donors (Lipinski definition) is 1. The summed E-state index contributed by atoms with van der Waals surface area (Å²) >= 11 is 0. The van der Waals surface area contributed by atoms with E-state index >= 15 is 0 Å². The summed E-state index contributed by atoms with van der Waals surface area (Å²) in [4.78, 5) is 9.52. The summed E-state index contributed by atoms with van der Waals surface area (Å²) in [5, 5.41) is 0. The molecule has 4 aromatic rings. The molecule has 140 valence electrons. The van der Waals surface area contributed by atoms with Gasteiger partial charge in [-0.25, -0.2) is 9.97 Å². The highest BCUT2D eigenvalue weighted by molar-refractivity contribution is 7.85. The van der Waals surface area contributed by atoms with Crippen molar-refractivity contribution < 1.29 is 13.0 Å². The highest BCUT2D eigenvalue weighted by Gasteiger charge is 2.20. The van der Waals surface area contributed by atoms with E-state index in [0.717, 1.165) is 16.8 Å². The van der Waals surface area contributed by atoms with E-state index in [1.165, 1.54) is 6.07 Å². The molecule has 0 fully saturated rings. The van der Waals surface area contributed by atoms with Gasteiger partial charge in [0.2, 0.25) is 0 Å². The second-order valence-electron chi connectivity index (χ2n) is 6.39. The number of benzene rings is 3. The molecule has 1 N–H and O–H groups in total. The topological polar surface area (TPSA) is 80.2 Å². The van der Waals surface area contributed by atoms with E-state index in [-0.39, 0.29) is 4.90 Å². The molecule has 5 nitrogen and oxygen atoms in total. The molecule has 0 bridgehead atoms. The fraction of sp³-hybridized carbons (Fsp3) is 0.0909. The van der Waals surface area contributed by atoms with Gasteiger partial charge in [-0.05, 0) is 18.6 Å². The Balaban J connectivity index is 2.10. The molecule has 0 saturated carbocycles. The van der Waals surface area contributed by atoms with Gasteiger partial charge in [0.15, 0.2) is 0 Å². The third-order valence-corrected chi connectivity index (χ3v) is 5.56. The van der Waals surface area contributed by atoms with E-state index in [2.05, 4.69) is 0 Å². The SMILES string of the molecule is CCc1c(S(=O)(=O)O)ccc2nc(-c3ccccc3)c(-c3ccccc3)nc12. The Labute approximate surface area is 163 Å². The second-order valence-corrected chi connectivity index (χ2v) is 7.78. The van der Waals surface area contributed by atoms with Crippen molar-refractivity contribution in [3.8, 4) is 22.5 Å². The Hall–Kier alpha value is -3.09. The second kappa shape index (κ2) is 7.14. The van der Waals surface area contributed by atoms with Gasteiger partial charge in [-0.1, -0.05) is 67.6 Å². The van der Waals surface area contributed by atoms with Crippen LogP contribution in [0.2, 0.25) is 0 Å². The van der Waals surface area contributed by atoms with Crippen LogP contribution < -0.4 is 0 Å². The van der Waals surface area contributed by atoms with Crippen LogP contribution in [0.5, 0.6) is 0 Å². The molecule has 4 rings (SSSR count). The number of hydrogen-bond acceptors (Lipinski definition) is 4. The first-order valence-corrected chi connectivity index (χ1v) is 10.3. The van der Waals surface area contributed by atoms with Crippen LogP contribution in [0.25, 0.3) is 33.5 Å².